The van der Waals surface area contributed by atoms with Crippen LogP contribution in [0, 0.1) is 0 Å². The number of rotatable bonds is 6. The molecule has 6 heteroatoms. The molecule has 1 aromatic carbocycles. The summed E-state index contributed by atoms with van der Waals surface area (Å²) in [6, 6.07) is 3.55. The standard InChI is InChI=1S/C13H17F3O3/c1-9(5-6-18-2)19-12-4-3-10(8-17)7-11(12)13(14,15)16/h3-4,7,9,17H,5-6,8H2,1-2H3. The van der Waals surface area contributed by atoms with Crippen LogP contribution in [-0.2, 0) is 17.5 Å². The number of aliphatic hydroxyl groups is 1. The second kappa shape index (κ2) is 6.77. The Morgan fingerprint density at radius 3 is 2.53 bits per heavy atom. The van der Waals surface area contributed by atoms with Crippen LogP contribution in [0.1, 0.15) is 24.5 Å². The van der Waals surface area contributed by atoms with Crippen LogP contribution in [0.3, 0.4) is 0 Å². The van der Waals surface area contributed by atoms with Crippen LogP contribution >= 0.6 is 0 Å². The number of methoxy groups -OCH3 is 1. The molecule has 0 bridgehead atoms. The third kappa shape index (κ3) is 4.72. The number of hydrogen-bond acceptors (Lipinski definition) is 3. The van der Waals surface area contributed by atoms with Crippen LogP contribution in [0.25, 0.3) is 0 Å². The quantitative estimate of drug-likeness (QED) is 0.869. The minimum Gasteiger partial charge on any atom is -0.490 e. The summed E-state index contributed by atoms with van der Waals surface area (Å²) in [5.74, 6) is -0.228. The van der Waals surface area contributed by atoms with Gasteiger partial charge >= 0.3 is 6.18 Å². The van der Waals surface area contributed by atoms with Crippen molar-refractivity contribution in [1.82, 2.24) is 0 Å². The fraction of sp³-hybridized carbons (Fsp3) is 0.538. The third-order valence-corrected chi connectivity index (χ3v) is 2.59. The molecule has 0 radical (unpaired) electrons. The number of ether oxygens (including phenoxy) is 2. The normalized spacial score (nSPS) is 13.4. The van der Waals surface area contributed by atoms with E-state index in [4.69, 9.17) is 14.6 Å². The zero-order valence-electron chi connectivity index (χ0n) is 10.8. The van der Waals surface area contributed by atoms with E-state index in [9.17, 15) is 13.2 Å². The molecule has 0 saturated carbocycles. The van der Waals surface area contributed by atoms with Crippen molar-refractivity contribution in [2.75, 3.05) is 13.7 Å². The maximum atomic E-state index is 12.9. The van der Waals surface area contributed by atoms with Gasteiger partial charge in [-0.1, -0.05) is 6.07 Å². The minimum absolute atomic E-state index is 0.198. The molecule has 0 aliphatic rings. The molecule has 0 saturated heterocycles. The van der Waals surface area contributed by atoms with Gasteiger partial charge in [0.25, 0.3) is 0 Å². The van der Waals surface area contributed by atoms with Crippen molar-refractivity contribution < 1.29 is 27.8 Å². The molecule has 0 amide bonds. The molecule has 1 aromatic rings. The number of alkyl halides is 3. The van der Waals surface area contributed by atoms with Crippen molar-refractivity contribution in [3.8, 4) is 5.75 Å². The van der Waals surface area contributed by atoms with E-state index in [1.807, 2.05) is 0 Å². The van der Waals surface area contributed by atoms with Gasteiger partial charge in [0.1, 0.15) is 5.75 Å². The van der Waals surface area contributed by atoms with Crippen LogP contribution in [0.5, 0.6) is 5.75 Å². The Morgan fingerprint density at radius 2 is 2.00 bits per heavy atom. The monoisotopic (exact) mass is 278 g/mol. The predicted octanol–water partition coefficient (Wildman–Crippen LogP) is 3.00. The van der Waals surface area contributed by atoms with E-state index < -0.39 is 18.3 Å². The first-order valence-corrected chi connectivity index (χ1v) is 5.85. The maximum absolute atomic E-state index is 12.9. The SMILES string of the molecule is COCCC(C)Oc1ccc(CO)cc1C(F)(F)F. The number of halogens is 3. The Balaban J connectivity index is 2.93. The Bertz CT molecular complexity index is 405. The Kier molecular flexibility index (Phi) is 5.62. The average Bonchev–Trinajstić information content (AvgIpc) is 2.35. The van der Waals surface area contributed by atoms with Crippen molar-refractivity contribution in [2.24, 2.45) is 0 Å². The fourth-order valence-electron chi connectivity index (χ4n) is 1.56. The first-order chi connectivity index (χ1) is 8.88. The van der Waals surface area contributed by atoms with E-state index in [2.05, 4.69) is 0 Å². The van der Waals surface area contributed by atoms with Gasteiger partial charge in [0.05, 0.1) is 18.3 Å². The zero-order valence-corrected chi connectivity index (χ0v) is 10.8. The lowest BCUT2D eigenvalue weighted by Gasteiger charge is -2.19. The molecule has 0 aliphatic heterocycles. The van der Waals surface area contributed by atoms with Gasteiger partial charge in [-0.15, -0.1) is 0 Å². The van der Waals surface area contributed by atoms with Crippen molar-refractivity contribution in [3.63, 3.8) is 0 Å². The van der Waals surface area contributed by atoms with E-state index >= 15 is 0 Å². The van der Waals surface area contributed by atoms with Gasteiger partial charge in [0.15, 0.2) is 0 Å². The lowest BCUT2D eigenvalue weighted by atomic mass is 10.1. The smallest absolute Gasteiger partial charge is 0.419 e. The molecular weight excluding hydrogens is 261 g/mol. The molecule has 0 aliphatic carbocycles. The van der Waals surface area contributed by atoms with Gasteiger partial charge in [0, 0.05) is 20.1 Å². The lowest BCUT2D eigenvalue weighted by Crippen LogP contribution is -2.17. The molecule has 0 spiro atoms. The van der Waals surface area contributed by atoms with Crippen molar-refractivity contribution in [1.29, 1.82) is 0 Å². The second-order valence-electron chi connectivity index (χ2n) is 4.20. The Hall–Kier alpha value is -1.27. The van der Waals surface area contributed by atoms with Crippen molar-refractivity contribution in [2.45, 2.75) is 32.2 Å². The van der Waals surface area contributed by atoms with Crippen LogP contribution < -0.4 is 4.74 Å². The highest BCUT2D eigenvalue weighted by atomic mass is 19.4. The molecule has 1 rings (SSSR count). The van der Waals surface area contributed by atoms with E-state index in [0.717, 1.165) is 6.07 Å². The maximum Gasteiger partial charge on any atom is 0.419 e. The van der Waals surface area contributed by atoms with Gasteiger partial charge < -0.3 is 14.6 Å². The fourth-order valence-corrected chi connectivity index (χ4v) is 1.56. The largest absolute Gasteiger partial charge is 0.490 e. The predicted molar refractivity (Wildman–Crippen MR) is 63.9 cm³/mol. The summed E-state index contributed by atoms with van der Waals surface area (Å²) in [4.78, 5) is 0. The lowest BCUT2D eigenvalue weighted by molar-refractivity contribution is -0.139. The number of benzene rings is 1. The summed E-state index contributed by atoms with van der Waals surface area (Å²) in [6.07, 6.45) is -4.40. The summed E-state index contributed by atoms with van der Waals surface area (Å²) < 4.78 is 48.8. The van der Waals surface area contributed by atoms with Crippen LogP contribution in [0.2, 0.25) is 0 Å². The van der Waals surface area contributed by atoms with Crippen LogP contribution in [-0.4, -0.2) is 24.9 Å². The Labute approximate surface area is 110 Å². The van der Waals surface area contributed by atoms with Crippen LogP contribution in [0.15, 0.2) is 18.2 Å². The zero-order chi connectivity index (χ0) is 14.5. The molecule has 0 fully saturated rings. The topological polar surface area (TPSA) is 38.7 Å². The summed E-state index contributed by atoms with van der Waals surface area (Å²) in [6.45, 7) is 1.65. The van der Waals surface area contributed by atoms with E-state index in [0.29, 0.717) is 13.0 Å². The van der Waals surface area contributed by atoms with E-state index in [-0.39, 0.29) is 17.4 Å². The van der Waals surface area contributed by atoms with E-state index in [1.54, 1.807) is 6.92 Å². The van der Waals surface area contributed by atoms with Gasteiger partial charge in [-0.25, -0.2) is 0 Å². The summed E-state index contributed by atoms with van der Waals surface area (Å²) in [5, 5.41) is 8.89. The van der Waals surface area contributed by atoms with Gasteiger partial charge in [-0.05, 0) is 24.6 Å². The summed E-state index contributed by atoms with van der Waals surface area (Å²) >= 11 is 0. The Morgan fingerprint density at radius 1 is 1.32 bits per heavy atom. The highest BCUT2D eigenvalue weighted by molar-refractivity contribution is 5.39. The summed E-state index contributed by atoms with van der Waals surface area (Å²) in [5.41, 5.74) is -0.674. The second-order valence-corrected chi connectivity index (χ2v) is 4.20. The minimum atomic E-state index is -4.51. The molecule has 19 heavy (non-hydrogen) atoms. The first kappa shape index (κ1) is 15.8. The molecule has 0 heterocycles. The molecule has 1 unspecified atom stereocenters. The summed E-state index contributed by atoms with van der Waals surface area (Å²) in [7, 11) is 1.52. The first-order valence-electron chi connectivity index (χ1n) is 5.85. The number of aliphatic hydroxyl groups excluding tert-OH is 1. The van der Waals surface area contributed by atoms with Gasteiger partial charge in [-0.3, -0.25) is 0 Å². The average molecular weight is 278 g/mol. The molecule has 0 aromatic heterocycles. The van der Waals surface area contributed by atoms with Gasteiger partial charge in [0.2, 0.25) is 0 Å². The highest BCUT2D eigenvalue weighted by Crippen LogP contribution is 2.37. The molecule has 3 nitrogen and oxygen atoms in total. The third-order valence-electron chi connectivity index (χ3n) is 2.59. The van der Waals surface area contributed by atoms with E-state index in [1.165, 1.54) is 19.2 Å². The van der Waals surface area contributed by atoms with Crippen molar-refractivity contribution in [3.05, 3.63) is 29.3 Å². The molecule has 1 N–H and O–H groups in total. The molecule has 1 atom stereocenters. The highest BCUT2D eigenvalue weighted by Gasteiger charge is 2.35. The van der Waals surface area contributed by atoms with Crippen LogP contribution in [0.4, 0.5) is 13.2 Å². The molecule has 108 valence electrons. The van der Waals surface area contributed by atoms with Crippen molar-refractivity contribution >= 4 is 0 Å². The number of hydrogen-bond donors (Lipinski definition) is 1. The molecular formula is C13H17F3O3. The van der Waals surface area contributed by atoms with Gasteiger partial charge in [-0.2, -0.15) is 13.2 Å².